The zero-order valence-electron chi connectivity index (χ0n) is 22.1. The molecule has 3 fully saturated rings. The van der Waals surface area contributed by atoms with Gasteiger partial charge in [-0.25, -0.2) is 4.79 Å². The van der Waals surface area contributed by atoms with E-state index in [4.69, 9.17) is 9.47 Å². The van der Waals surface area contributed by atoms with E-state index >= 15 is 0 Å². The molecule has 204 valence electrons. The Balaban J connectivity index is 1.07. The van der Waals surface area contributed by atoms with Gasteiger partial charge >= 0.3 is 5.97 Å². The predicted molar refractivity (Wildman–Crippen MR) is 148 cm³/mol. The van der Waals surface area contributed by atoms with Crippen molar-refractivity contribution in [3.05, 3.63) is 90.0 Å². The van der Waals surface area contributed by atoms with Crippen molar-refractivity contribution in [2.75, 3.05) is 23.4 Å². The van der Waals surface area contributed by atoms with E-state index in [1.54, 1.807) is 36.4 Å². The second-order valence-corrected chi connectivity index (χ2v) is 10.6. The van der Waals surface area contributed by atoms with Gasteiger partial charge in [0.1, 0.15) is 5.75 Å². The Bertz CT molecular complexity index is 1440. The lowest BCUT2D eigenvalue weighted by Crippen LogP contribution is -2.33. The van der Waals surface area contributed by atoms with E-state index in [1.165, 1.54) is 22.6 Å². The van der Waals surface area contributed by atoms with Gasteiger partial charge in [0.05, 0.1) is 29.7 Å². The molecule has 2 bridgehead atoms. The van der Waals surface area contributed by atoms with Gasteiger partial charge in [0.2, 0.25) is 11.8 Å². The van der Waals surface area contributed by atoms with E-state index in [9.17, 15) is 19.2 Å². The molecule has 1 aliphatic heterocycles. The molecule has 1 heterocycles. The zero-order chi connectivity index (χ0) is 27.8. The molecule has 0 radical (unpaired) electrons. The number of nitrogens with one attached hydrogen (secondary N) is 1. The molecule has 8 heteroatoms. The summed E-state index contributed by atoms with van der Waals surface area (Å²) in [5, 5.41) is 2.67. The van der Waals surface area contributed by atoms with Crippen LogP contribution in [0.2, 0.25) is 0 Å². The third kappa shape index (κ3) is 4.63. The van der Waals surface area contributed by atoms with Crippen LogP contribution in [0.15, 0.2) is 78.9 Å². The highest BCUT2D eigenvalue weighted by Gasteiger charge is 2.64. The molecule has 3 amide bonds. The first-order chi connectivity index (χ1) is 19.4. The third-order valence-electron chi connectivity index (χ3n) is 8.39. The summed E-state index contributed by atoms with van der Waals surface area (Å²) in [6.07, 6.45) is 1.84. The van der Waals surface area contributed by atoms with E-state index in [2.05, 4.69) is 17.4 Å². The second kappa shape index (κ2) is 10.6. The van der Waals surface area contributed by atoms with Crippen molar-refractivity contribution in [1.82, 2.24) is 0 Å². The van der Waals surface area contributed by atoms with Crippen LogP contribution in [-0.2, 0) is 19.1 Å². The quantitative estimate of drug-likeness (QED) is 0.326. The summed E-state index contributed by atoms with van der Waals surface area (Å²) in [5.41, 5.74) is 2.47. The molecule has 5 atom stereocenters. The number of carbonyl (C=O) groups is 4. The van der Waals surface area contributed by atoms with Crippen molar-refractivity contribution < 1.29 is 28.7 Å². The molecule has 3 aromatic rings. The first-order valence-corrected chi connectivity index (χ1v) is 13.7. The van der Waals surface area contributed by atoms with E-state index in [1.807, 2.05) is 25.1 Å². The second-order valence-electron chi connectivity index (χ2n) is 10.6. The lowest BCUT2D eigenvalue weighted by atomic mass is 9.73. The number of anilines is 2. The van der Waals surface area contributed by atoms with Gasteiger partial charge in [-0.2, -0.15) is 0 Å². The van der Waals surface area contributed by atoms with Gasteiger partial charge < -0.3 is 14.8 Å². The molecule has 0 aromatic heterocycles. The van der Waals surface area contributed by atoms with Gasteiger partial charge in [-0.3, -0.25) is 19.3 Å². The van der Waals surface area contributed by atoms with Gasteiger partial charge in [-0.05, 0) is 91.6 Å². The highest BCUT2D eigenvalue weighted by atomic mass is 16.5. The average molecular weight is 539 g/mol. The van der Waals surface area contributed by atoms with E-state index in [-0.39, 0.29) is 41.0 Å². The molecule has 8 nitrogen and oxygen atoms in total. The fourth-order valence-electron chi connectivity index (χ4n) is 6.76. The molecule has 40 heavy (non-hydrogen) atoms. The van der Waals surface area contributed by atoms with E-state index in [0.717, 1.165) is 12.8 Å². The third-order valence-corrected chi connectivity index (χ3v) is 8.39. The molecule has 1 N–H and O–H groups in total. The fraction of sp³-hybridized carbons (Fsp3) is 0.312. The standard InChI is InChI=1S/C32H30N2O6/c1-2-39-24-14-10-22(11-15-24)33-27(35)18-40-32(38)20-8-12-23(13-9-20)34-30(36)28-21-16-25(19-6-4-3-5-7-19)26(17-21)29(28)31(34)37/h3-15,21,25-26,28-29H,2,16-18H2,1H3,(H,33,35)/t21-,25+,26+,28+,29+/m0/s1. The number of ether oxygens (including phenoxy) is 2. The van der Waals surface area contributed by atoms with Gasteiger partial charge in [-0.1, -0.05) is 30.3 Å². The van der Waals surface area contributed by atoms with Crippen LogP contribution in [0.25, 0.3) is 0 Å². The van der Waals surface area contributed by atoms with Gasteiger partial charge in [-0.15, -0.1) is 0 Å². The molecule has 1 saturated heterocycles. The maximum atomic E-state index is 13.5. The summed E-state index contributed by atoms with van der Waals surface area (Å²) in [6, 6.07) is 23.3. The molecule has 0 spiro atoms. The smallest absolute Gasteiger partial charge is 0.338 e. The molecule has 2 saturated carbocycles. The topological polar surface area (TPSA) is 102 Å². The highest BCUT2D eigenvalue weighted by Crippen LogP contribution is 2.61. The fourth-order valence-corrected chi connectivity index (χ4v) is 6.76. The summed E-state index contributed by atoms with van der Waals surface area (Å²) in [4.78, 5) is 53.0. The van der Waals surface area contributed by atoms with Crippen molar-refractivity contribution in [2.45, 2.75) is 25.7 Å². The van der Waals surface area contributed by atoms with Crippen LogP contribution < -0.4 is 15.0 Å². The minimum atomic E-state index is -0.673. The number of amides is 3. The average Bonchev–Trinajstić information content (AvgIpc) is 3.64. The number of esters is 1. The summed E-state index contributed by atoms with van der Waals surface area (Å²) in [6.45, 7) is 1.98. The molecule has 0 unspecified atom stereocenters. The van der Waals surface area contributed by atoms with Gasteiger partial charge in [0, 0.05) is 5.69 Å². The van der Waals surface area contributed by atoms with Crippen molar-refractivity contribution in [1.29, 1.82) is 0 Å². The number of benzene rings is 3. The Hall–Kier alpha value is -4.46. The monoisotopic (exact) mass is 538 g/mol. The first kappa shape index (κ1) is 25.8. The Morgan fingerprint density at radius 3 is 2.27 bits per heavy atom. The molecule has 3 aromatic carbocycles. The molecule has 2 aliphatic carbocycles. The lowest BCUT2D eigenvalue weighted by molar-refractivity contribution is -0.123. The maximum Gasteiger partial charge on any atom is 0.338 e. The Kier molecular flexibility index (Phi) is 6.84. The van der Waals surface area contributed by atoms with Crippen LogP contribution in [0, 0.1) is 23.7 Å². The number of imide groups is 1. The number of rotatable bonds is 8. The number of nitrogens with zero attached hydrogens (tertiary/aromatic N) is 1. The summed E-state index contributed by atoms with van der Waals surface area (Å²) >= 11 is 0. The first-order valence-electron chi connectivity index (χ1n) is 13.7. The number of hydrogen-bond acceptors (Lipinski definition) is 6. The van der Waals surface area contributed by atoms with E-state index < -0.39 is 18.5 Å². The van der Waals surface area contributed by atoms with Crippen molar-refractivity contribution >= 4 is 35.1 Å². The molecular formula is C32H30N2O6. The summed E-state index contributed by atoms with van der Waals surface area (Å²) < 4.78 is 10.5. The number of hydrogen-bond donors (Lipinski definition) is 1. The number of fused-ring (bicyclic) bond motifs is 5. The minimum Gasteiger partial charge on any atom is -0.494 e. The minimum absolute atomic E-state index is 0.143. The van der Waals surface area contributed by atoms with Crippen molar-refractivity contribution in [3.63, 3.8) is 0 Å². The SMILES string of the molecule is CCOc1ccc(NC(=O)COC(=O)c2ccc(N3C(=O)[C@@H]4[C@@H]5C[C@@H]([C@H]4C3=O)[C@@H](c3ccccc3)C5)cc2)cc1. The zero-order valence-corrected chi connectivity index (χ0v) is 22.1. The van der Waals surface area contributed by atoms with Gasteiger partial charge in [0.15, 0.2) is 6.61 Å². The molecule has 6 rings (SSSR count). The summed E-state index contributed by atoms with van der Waals surface area (Å²) in [5.74, 6) is -0.629. The van der Waals surface area contributed by atoms with Crippen molar-refractivity contribution in [2.24, 2.45) is 23.7 Å². The predicted octanol–water partition coefficient (Wildman–Crippen LogP) is 4.81. The van der Waals surface area contributed by atoms with Crippen LogP contribution in [0.1, 0.15) is 41.6 Å². The maximum absolute atomic E-state index is 13.5. The number of carbonyl (C=O) groups excluding carboxylic acids is 4. The Morgan fingerprint density at radius 2 is 1.57 bits per heavy atom. The van der Waals surface area contributed by atoms with Gasteiger partial charge in [0.25, 0.3) is 5.91 Å². The van der Waals surface area contributed by atoms with Crippen molar-refractivity contribution in [3.8, 4) is 5.75 Å². The normalized spacial score (nSPS) is 24.6. The highest BCUT2D eigenvalue weighted by molar-refractivity contribution is 6.22. The van der Waals surface area contributed by atoms with E-state index in [0.29, 0.717) is 29.6 Å². The molecular weight excluding hydrogens is 508 g/mol. The van der Waals surface area contributed by atoms with Crippen LogP contribution in [-0.4, -0.2) is 36.9 Å². The van der Waals surface area contributed by atoms with Crippen LogP contribution >= 0.6 is 0 Å². The van der Waals surface area contributed by atoms with Crippen LogP contribution in [0.3, 0.4) is 0 Å². The lowest BCUT2D eigenvalue weighted by Gasteiger charge is -2.28. The Morgan fingerprint density at radius 1 is 0.875 bits per heavy atom. The van der Waals surface area contributed by atoms with Crippen LogP contribution in [0.5, 0.6) is 5.75 Å². The largest absolute Gasteiger partial charge is 0.494 e. The van der Waals surface area contributed by atoms with Crippen LogP contribution in [0.4, 0.5) is 11.4 Å². The summed E-state index contributed by atoms with van der Waals surface area (Å²) in [7, 11) is 0. The Labute approximate surface area is 232 Å². The molecule has 3 aliphatic rings.